The van der Waals surface area contributed by atoms with Gasteiger partial charge in [-0.25, -0.2) is 4.79 Å². The normalized spacial score (nSPS) is 23.2. The Kier molecular flexibility index (Phi) is 4.40. The van der Waals surface area contributed by atoms with Crippen molar-refractivity contribution in [1.29, 1.82) is 0 Å². The zero-order valence-corrected chi connectivity index (χ0v) is 11.2. The minimum absolute atomic E-state index is 0.131. The molecule has 1 saturated carbocycles. The Bertz CT molecular complexity index is 321. The van der Waals surface area contributed by atoms with Crippen LogP contribution in [0.4, 0.5) is 0 Å². The van der Waals surface area contributed by atoms with Gasteiger partial charge in [0.25, 0.3) is 0 Å². The third-order valence-corrected chi connectivity index (χ3v) is 3.89. The van der Waals surface area contributed by atoms with Crippen LogP contribution in [-0.4, -0.2) is 42.9 Å². The van der Waals surface area contributed by atoms with Crippen LogP contribution in [0.15, 0.2) is 12.2 Å². The van der Waals surface area contributed by atoms with Crippen LogP contribution in [0.25, 0.3) is 0 Å². The summed E-state index contributed by atoms with van der Waals surface area (Å²) in [6.45, 7) is 8.27. The third-order valence-electron chi connectivity index (χ3n) is 3.89. The largest absolute Gasteiger partial charge is 0.463 e. The molecule has 1 aliphatic carbocycles. The average molecular weight is 253 g/mol. The summed E-state index contributed by atoms with van der Waals surface area (Å²) in [5.74, 6) is -0.282. The Hall–Kier alpha value is -0.870. The predicted molar refractivity (Wildman–Crippen MR) is 69.1 cm³/mol. The van der Waals surface area contributed by atoms with Crippen LogP contribution in [0.5, 0.6) is 0 Å². The molecule has 0 aromatic rings. The maximum atomic E-state index is 11.6. The molecule has 2 aliphatic rings. The summed E-state index contributed by atoms with van der Waals surface area (Å²) < 4.78 is 11.0. The van der Waals surface area contributed by atoms with Crippen molar-refractivity contribution < 1.29 is 14.3 Å². The van der Waals surface area contributed by atoms with E-state index in [-0.39, 0.29) is 11.7 Å². The number of hydrogen-bond acceptors (Lipinski definition) is 4. The van der Waals surface area contributed by atoms with Gasteiger partial charge in [-0.1, -0.05) is 13.0 Å². The number of carbonyl (C=O) groups excluding carboxylic acids is 1. The van der Waals surface area contributed by atoms with E-state index in [1.807, 2.05) is 6.92 Å². The highest BCUT2D eigenvalue weighted by Gasteiger charge is 2.43. The summed E-state index contributed by atoms with van der Waals surface area (Å²) in [5.41, 5.74) is 0.403. The highest BCUT2D eigenvalue weighted by atomic mass is 16.5. The second kappa shape index (κ2) is 5.85. The molecule has 0 aromatic heterocycles. The lowest BCUT2D eigenvalue weighted by molar-refractivity contribution is -0.140. The molecule has 1 aliphatic heterocycles. The van der Waals surface area contributed by atoms with Gasteiger partial charge in [-0.15, -0.1) is 0 Å². The Morgan fingerprint density at radius 3 is 2.78 bits per heavy atom. The molecule has 18 heavy (non-hydrogen) atoms. The number of rotatable bonds is 4. The first-order valence-electron chi connectivity index (χ1n) is 6.92. The Labute approximate surface area is 109 Å². The number of carbonyl (C=O) groups is 1. The van der Waals surface area contributed by atoms with Gasteiger partial charge in [0.2, 0.25) is 0 Å². The van der Waals surface area contributed by atoms with E-state index in [9.17, 15) is 4.79 Å². The van der Waals surface area contributed by atoms with Crippen molar-refractivity contribution in [2.75, 3.05) is 26.3 Å². The molecule has 0 bridgehead atoms. The summed E-state index contributed by atoms with van der Waals surface area (Å²) in [7, 11) is 0. The molecule has 0 radical (unpaired) electrons. The maximum absolute atomic E-state index is 11.6. The van der Waals surface area contributed by atoms with Gasteiger partial charge < -0.3 is 9.47 Å². The molecule has 102 valence electrons. The van der Waals surface area contributed by atoms with Crippen molar-refractivity contribution in [3.05, 3.63) is 12.2 Å². The summed E-state index contributed by atoms with van der Waals surface area (Å²) in [4.78, 5) is 13.9. The van der Waals surface area contributed by atoms with E-state index < -0.39 is 0 Å². The van der Waals surface area contributed by atoms with E-state index in [0.29, 0.717) is 18.7 Å². The van der Waals surface area contributed by atoms with Crippen molar-refractivity contribution >= 4 is 5.97 Å². The Morgan fingerprint density at radius 1 is 1.39 bits per heavy atom. The van der Waals surface area contributed by atoms with E-state index in [2.05, 4.69) is 11.5 Å². The average Bonchev–Trinajstić information content (AvgIpc) is 2.73. The molecular weight excluding hydrogens is 230 g/mol. The zero-order valence-electron chi connectivity index (χ0n) is 11.2. The molecule has 4 nitrogen and oxygen atoms in total. The monoisotopic (exact) mass is 253 g/mol. The fraction of sp³-hybridized carbons (Fsp3) is 0.786. The van der Waals surface area contributed by atoms with Crippen LogP contribution in [-0.2, 0) is 14.3 Å². The first-order valence-corrected chi connectivity index (χ1v) is 6.92. The molecule has 0 unspecified atom stereocenters. The number of nitrogens with zero attached hydrogens (tertiary/aromatic N) is 1. The van der Waals surface area contributed by atoms with Gasteiger partial charge in [-0.2, -0.15) is 0 Å². The van der Waals surface area contributed by atoms with Crippen LogP contribution < -0.4 is 0 Å². The van der Waals surface area contributed by atoms with E-state index in [4.69, 9.17) is 9.47 Å². The standard InChI is InChI=1S/C14H23NO3/c1-3-17-13(16)12(2)11-15-9-10-18-14(15)7-5-4-6-8-14/h2-11H2,1H3. The first-order chi connectivity index (χ1) is 8.68. The Balaban J connectivity index is 1.95. The lowest BCUT2D eigenvalue weighted by Crippen LogP contribution is -2.47. The lowest BCUT2D eigenvalue weighted by atomic mass is 9.90. The summed E-state index contributed by atoms with van der Waals surface area (Å²) in [6, 6.07) is 0. The van der Waals surface area contributed by atoms with E-state index in [1.165, 1.54) is 19.3 Å². The SMILES string of the molecule is C=C(CN1CCOC12CCCCC2)C(=O)OCC. The second-order valence-electron chi connectivity index (χ2n) is 5.10. The fourth-order valence-corrected chi connectivity index (χ4v) is 2.96. The van der Waals surface area contributed by atoms with Crippen molar-refractivity contribution in [3.8, 4) is 0 Å². The molecule has 0 N–H and O–H groups in total. The van der Waals surface area contributed by atoms with E-state index in [1.54, 1.807) is 0 Å². The molecule has 0 aromatic carbocycles. The van der Waals surface area contributed by atoms with Gasteiger partial charge >= 0.3 is 5.97 Å². The molecule has 2 fully saturated rings. The van der Waals surface area contributed by atoms with Crippen LogP contribution in [0.2, 0.25) is 0 Å². The highest BCUT2D eigenvalue weighted by Crippen LogP contribution is 2.38. The Morgan fingerprint density at radius 2 is 2.11 bits per heavy atom. The van der Waals surface area contributed by atoms with Gasteiger partial charge in [-0.05, 0) is 32.6 Å². The van der Waals surface area contributed by atoms with Crippen LogP contribution in [0, 0.1) is 0 Å². The molecule has 1 saturated heterocycles. The molecular formula is C14H23NO3. The van der Waals surface area contributed by atoms with Crippen LogP contribution in [0.1, 0.15) is 39.0 Å². The third kappa shape index (κ3) is 2.75. The van der Waals surface area contributed by atoms with Crippen LogP contribution >= 0.6 is 0 Å². The van der Waals surface area contributed by atoms with Gasteiger partial charge in [0.05, 0.1) is 13.2 Å². The predicted octanol–water partition coefficient (Wildman–Crippen LogP) is 2.10. The minimum Gasteiger partial charge on any atom is -0.463 e. The van der Waals surface area contributed by atoms with Crippen molar-refractivity contribution in [2.45, 2.75) is 44.8 Å². The van der Waals surface area contributed by atoms with Crippen molar-refractivity contribution in [3.63, 3.8) is 0 Å². The zero-order chi connectivity index (χ0) is 13.0. The number of esters is 1. The molecule has 1 spiro atoms. The summed E-state index contributed by atoms with van der Waals surface area (Å²) in [6.07, 6.45) is 5.86. The molecule has 4 heteroatoms. The van der Waals surface area contributed by atoms with Crippen molar-refractivity contribution in [2.24, 2.45) is 0 Å². The van der Waals surface area contributed by atoms with Gasteiger partial charge in [0.15, 0.2) is 0 Å². The van der Waals surface area contributed by atoms with E-state index >= 15 is 0 Å². The molecule has 0 atom stereocenters. The maximum Gasteiger partial charge on any atom is 0.334 e. The fourth-order valence-electron chi connectivity index (χ4n) is 2.96. The quantitative estimate of drug-likeness (QED) is 0.568. The highest BCUT2D eigenvalue weighted by molar-refractivity contribution is 5.88. The second-order valence-corrected chi connectivity index (χ2v) is 5.10. The first kappa shape index (κ1) is 13.6. The number of ether oxygens (including phenoxy) is 2. The molecule has 0 amide bonds. The van der Waals surface area contributed by atoms with Gasteiger partial charge in [0, 0.05) is 18.7 Å². The minimum atomic E-state index is -0.282. The van der Waals surface area contributed by atoms with Gasteiger partial charge in [-0.3, -0.25) is 4.90 Å². The number of hydrogen-bond donors (Lipinski definition) is 0. The summed E-state index contributed by atoms with van der Waals surface area (Å²) >= 11 is 0. The van der Waals surface area contributed by atoms with Crippen LogP contribution in [0.3, 0.4) is 0 Å². The summed E-state index contributed by atoms with van der Waals surface area (Å²) in [5, 5.41) is 0. The van der Waals surface area contributed by atoms with Crippen molar-refractivity contribution in [1.82, 2.24) is 4.90 Å². The van der Waals surface area contributed by atoms with E-state index in [0.717, 1.165) is 26.0 Å². The smallest absolute Gasteiger partial charge is 0.334 e. The lowest BCUT2D eigenvalue weighted by Gasteiger charge is -2.40. The topological polar surface area (TPSA) is 38.8 Å². The van der Waals surface area contributed by atoms with Gasteiger partial charge in [0.1, 0.15) is 5.72 Å². The molecule has 1 heterocycles. The molecule has 2 rings (SSSR count).